The topological polar surface area (TPSA) is 12.0 Å². The van der Waals surface area contributed by atoms with Crippen LogP contribution in [0.4, 0.5) is 10.1 Å². The molecular weight excluding hydrogens is 316 g/mol. The molecule has 1 nitrogen and oxygen atoms in total. The zero-order valence-corrected chi connectivity index (χ0v) is 12.8. The molecule has 0 aromatic heterocycles. The minimum absolute atomic E-state index is 0.101. The first-order chi connectivity index (χ1) is 9.63. The highest BCUT2D eigenvalue weighted by molar-refractivity contribution is 7.99. The summed E-state index contributed by atoms with van der Waals surface area (Å²) in [5.74, 6) is 0.715. The summed E-state index contributed by atoms with van der Waals surface area (Å²) in [4.78, 5) is 1.21. The van der Waals surface area contributed by atoms with Crippen LogP contribution in [0.1, 0.15) is 18.0 Å². The smallest absolute Gasteiger partial charge is 0.125 e. The van der Waals surface area contributed by atoms with Gasteiger partial charge in [-0.3, -0.25) is 0 Å². The predicted molar refractivity (Wildman–Crippen MR) is 84.6 cm³/mol. The van der Waals surface area contributed by atoms with E-state index >= 15 is 0 Å². The van der Waals surface area contributed by atoms with Crippen molar-refractivity contribution in [3.05, 3.63) is 57.8 Å². The third-order valence-electron chi connectivity index (χ3n) is 3.27. The van der Waals surface area contributed by atoms with Crippen molar-refractivity contribution in [1.29, 1.82) is 0 Å². The number of halogens is 3. The molecule has 104 valence electrons. The van der Waals surface area contributed by atoms with Crippen LogP contribution in [0.15, 0.2) is 41.3 Å². The van der Waals surface area contributed by atoms with E-state index in [4.69, 9.17) is 23.2 Å². The lowest BCUT2D eigenvalue weighted by atomic mass is 10.0. The molecule has 0 fully saturated rings. The lowest BCUT2D eigenvalue weighted by Gasteiger charge is -2.27. The Bertz CT molecular complexity index is 648. The Morgan fingerprint density at radius 2 is 2.00 bits per heavy atom. The monoisotopic (exact) mass is 327 g/mol. The van der Waals surface area contributed by atoms with Crippen molar-refractivity contribution < 1.29 is 4.39 Å². The fourth-order valence-electron chi connectivity index (χ4n) is 2.31. The largest absolute Gasteiger partial charge is 0.377 e. The normalized spacial score (nSPS) is 17.6. The molecule has 0 bridgehead atoms. The van der Waals surface area contributed by atoms with E-state index in [1.807, 2.05) is 30.0 Å². The number of nitrogens with one attached hydrogen (secondary N) is 1. The van der Waals surface area contributed by atoms with Crippen LogP contribution < -0.4 is 5.32 Å². The zero-order valence-electron chi connectivity index (χ0n) is 10.5. The van der Waals surface area contributed by atoms with E-state index in [2.05, 4.69) is 5.32 Å². The molecule has 0 saturated heterocycles. The maximum absolute atomic E-state index is 13.3. The molecule has 1 N–H and O–H groups in total. The van der Waals surface area contributed by atoms with Crippen LogP contribution in [0.25, 0.3) is 0 Å². The summed E-state index contributed by atoms with van der Waals surface area (Å²) in [6, 6.07) is 10.3. The van der Waals surface area contributed by atoms with Crippen LogP contribution in [-0.4, -0.2) is 5.75 Å². The van der Waals surface area contributed by atoms with Gasteiger partial charge in [0.05, 0.1) is 16.8 Å². The fraction of sp³-hybridized carbons (Fsp3) is 0.200. The maximum Gasteiger partial charge on any atom is 0.125 e. The van der Waals surface area contributed by atoms with Crippen molar-refractivity contribution in [3.8, 4) is 0 Å². The molecule has 3 rings (SSSR count). The lowest BCUT2D eigenvalue weighted by Crippen LogP contribution is -2.16. The standard InChI is InChI=1S/C15H12Cl2FNS/c16-9-1-4-15-11(7-9)13(5-6-20-15)19-14-8-10(18)2-3-12(14)17/h1-4,7-8,13,19H,5-6H2. The van der Waals surface area contributed by atoms with Gasteiger partial charge in [-0.05, 0) is 48.4 Å². The van der Waals surface area contributed by atoms with E-state index in [-0.39, 0.29) is 11.9 Å². The first kappa shape index (κ1) is 14.1. The van der Waals surface area contributed by atoms with E-state index in [1.165, 1.54) is 17.0 Å². The van der Waals surface area contributed by atoms with Crippen molar-refractivity contribution in [1.82, 2.24) is 0 Å². The summed E-state index contributed by atoms with van der Waals surface area (Å²) in [7, 11) is 0. The Kier molecular flexibility index (Phi) is 4.11. The molecule has 2 aromatic rings. The molecule has 2 aromatic carbocycles. The van der Waals surface area contributed by atoms with E-state index in [9.17, 15) is 4.39 Å². The summed E-state index contributed by atoms with van der Waals surface area (Å²) in [6.45, 7) is 0. The third-order valence-corrected chi connectivity index (χ3v) is 4.96. The van der Waals surface area contributed by atoms with Crippen LogP contribution in [-0.2, 0) is 0 Å². The van der Waals surface area contributed by atoms with Crippen molar-refractivity contribution in [2.24, 2.45) is 0 Å². The van der Waals surface area contributed by atoms with E-state index < -0.39 is 0 Å². The molecule has 0 aliphatic carbocycles. The van der Waals surface area contributed by atoms with Gasteiger partial charge < -0.3 is 5.32 Å². The minimum atomic E-state index is -0.298. The predicted octanol–water partition coefficient (Wildman–Crippen LogP) is 5.78. The molecule has 1 aliphatic heterocycles. The van der Waals surface area contributed by atoms with Crippen molar-refractivity contribution >= 4 is 40.7 Å². The second kappa shape index (κ2) is 5.84. The zero-order chi connectivity index (χ0) is 14.1. The number of anilines is 1. The molecule has 0 saturated carbocycles. The molecule has 0 spiro atoms. The Hall–Kier alpha value is -0.900. The number of rotatable bonds is 2. The average molecular weight is 328 g/mol. The third kappa shape index (κ3) is 2.90. The van der Waals surface area contributed by atoms with Gasteiger partial charge in [-0.25, -0.2) is 4.39 Å². The number of hydrogen-bond donors (Lipinski definition) is 1. The summed E-state index contributed by atoms with van der Waals surface area (Å²) in [5.41, 5.74) is 1.77. The van der Waals surface area contributed by atoms with Gasteiger partial charge in [0.2, 0.25) is 0 Å². The Morgan fingerprint density at radius 3 is 2.85 bits per heavy atom. The number of fused-ring (bicyclic) bond motifs is 1. The Morgan fingerprint density at radius 1 is 1.15 bits per heavy atom. The second-order valence-electron chi connectivity index (χ2n) is 4.64. The van der Waals surface area contributed by atoms with Crippen LogP contribution in [0.2, 0.25) is 10.0 Å². The number of thioether (sulfide) groups is 1. The minimum Gasteiger partial charge on any atom is -0.377 e. The van der Waals surface area contributed by atoms with E-state index in [0.29, 0.717) is 15.7 Å². The van der Waals surface area contributed by atoms with Gasteiger partial charge in [0.15, 0.2) is 0 Å². The molecule has 0 amide bonds. The molecule has 0 radical (unpaired) electrons. The van der Waals surface area contributed by atoms with Crippen LogP contribution in [0.3, 0.4) is 0 Å². The molecule has 5 heteroatoms. The Balaban J connectivity index is 1.93. The quantitative estimate of drug-likeness (QED) is 0.750. The molecule has 1 unspecified atom stereocenters. The molecule has 1 aliphatic rings. The fourth-order valence-corrected chi connectivity index (χ4v) is 3.77. The second-order valence-corrected chi connectivity index (χ2v) is 6.62. The van der Waals surface area contributed by atoms with Gasteiger partial charge >= 0.3 is 0 Å². The van der Waals surface area contributed by atoms with E-state index in [0.717, 1.165) is 17.7 Å². The summed E-state index contributed by atoms with van der Waals surface area (Å²) in [5, 5.41) is 4.56. The van der Waals surface area contributed by atoms with Crippen LogP contribution in [0.5, 0.6) is 0 Å². The van der Waals surface area contributed by atoms with Crippen LogP contribution in [0, 0.1) is 5.82 Å². The van der Waals surface area contributed by atoms with Gasteiger partial charge in [-0.15, -0.1) is 11.8 Å². The maximum atomic E-state index is 13.3. The highest BCUT2D eigenvalue weighted by atomic mass is 35.5. The van der Waals surface area contributed by atoms with Gasteiger partial charge in [0.1, 0.15) is 5.82 Å². The molecular formula is C15H12Cl2FNS. The first-order valence-corrected chi connectivity index (χ1v) is 8.01. The lowest BCUT2D eigenvalue weighted by molar-refractivity contribution is 0.627. The summed E-state index contributed by atoms with van der Waals surface area (Å²) >= 11 is 14.0. The van der Waals surface area contributed by atoms with Gasteiger partial charge in [-0.2, -0.15) is 0 Å². The summed E-state index contributed by atoms with van der Waals surface area (Å²) < 4.78 is 13.3. The highest BCUT2D eigenvalue weighted by Crippen LogP contribution is 2.40. The van der Waals surface area contributed by atoms with Gasteiger partial charge in [-0.1, -0.05) is 23.2 Å². The van der Waals surface area contributed by atoms with Crippen molar-refractivity contribution in [3.63, 3.8) is 0 Å². The van der Waals surface area contributed by atoms with Crippen molar-refractivity contribution in [2.45, 2.75) is 17.4 Å². The number of hydrogen-bond acceptors (Lipinski definition) is 2. The first-order valence-electron chi connectivity index (χ1n) is 6.27. The van der Waals surface area contributed by atoms with Gasteiger partial charge in [0, 0.05) is 15.7 Å². The van der Waals surface area contributed by atoms with E-state index in [1.54, 1.807) is 6.07 Å². The Labute approximate surface area is 131 Å². The number of benzene rings is 2. The highest BCUT2D eigenvalue weighted by Gasteiger charge is 2.21. The summed E-state index contributed by atoms with van der Waals surface area (Å²) in [6.07, 6.45) is 0.949. The average Bonchev–Trinajstić information content (AvgIpc) is 2.43. The van der Waals surface area contributed by atoms with Crippen molar-refractivity contribution in [2.75, 3.05) is 11.1 Å². The SMILES string of the molecule is Fc1ccc(Cl)c(NC2CCSc3ccc(Cl)cc32)c1. The van der Waals surface area contributed by atoms with Gasteiger partial charge in [0.25, 0.3) is 0 Å². The molecule has 1 heterocycles. The van der Waals surface area contributed by atoms with Crippen LogP contribution >= 0.6 is 35.0 Å². The molecule has 20 heavy (non-hydrogen) atoms. The molecule has 1 atom stereocenters.